The third-order valence-electron chi connectivity index (χ3n) is 5.12. The number of para-hydroxylation sites is 1. The molecule has 4 rings (SSSR count). The van der Waals surface area contributed by atoms with Gasteiger partial charge in [-0.15, -0.1) is 10.2 Å². The zero-order valence-electron chi connectivity index (χ0n) is 18.1. The fraction of sp³-hybridized carbons (Fsp3) is 0.200. The summed E-state index contributed by atoms with van der Waals surface area (Å²) in [6.07, 6.45) is 4.30. The van der Waals surface area contributed by atoms with Crippen molar-refractivity contribution in [1.29, 1.82) is 0 Å². The largest absolute Gasteiger partial charge is 0.355 e. The Bertz CT molecular complexity index is 1180. The van der Waals surface area contributed by atoms with Gasteiger partial charge >= 0.3 is 0 Å². The number of carbonyl (C=O) groups excluding carboxylic acids is 1. The molecule has 1 N–H and O–H groups in total. The van der Waals surface area contributed by atoms with Gasteiger partial charge in [-0.1, -0.05) is 60.3 Å². The van der Waals surface area contributed by atoms with Crippen LogP contribution in [0.1, 0.15) is 18.1 Å². The molecule has 0 saturated carbocycles. The van der Waals surface area contributed by atoms with Gasteiger partial charge in [0.05, 0.1) is 10.9 Å². The Balaban J connectivity index is 1.53. The molecule has 162 valence electrons. The lowest BCUT2D eigenvalue weighted by Crippen LogP contribution is -2.32. The van der Waals surface area contributed by atoms with E-state index in [1.165, 1.54) is 17.3 Å². The predicted octanol–water partition coefficient (Wildman–Crippen LogP) is 4.48. The van der Waals surface area contributed by atoms with E-state index in [4.69, 9.17) is 0 Å². The third-order valence-corrected chi connectivity index (χ3v) is 6.16. The molecule has 32 heavy (non-hydrogen) atoms. The number of rotatable bonds is 8. The normalized spacial score (nSPS) is 11.8. The van der Waals surface area contributed by atoms with Crippen LogP contribution >= 0.6 is 11.8 Å². The molecule has 7 heteroatoms. The van der Waals surface area contributed by atoms with E-state index < -0.39 is 0 Å². The number of thioether (sulfide) groups is 1. The van der Waals surface area contributed by atoms with Crippen LogP contribution in [0, 0.1) is 6.92 Å². The number of amides is 1. The van der Waals surface area contributed by atoms with E-state index in [1.807, 2.05) is 60.0 Å². The number of hydrogen-bond donors (Lipinski definition) is 1. The maximum absolute atomic E-state index is 12.7. The van der Waals surface area contributed by atoms with E-state index in [9.17, 15) is 4.79 Å². The van der Waals surface area contributed by atoms with Crippen LogP contribution in [0.4, 0.5) is 0 Å². The zero-order valence-corrected chi connectivity index (χ0v) is 18.9. The number of nitrogens with zero attached hydrogens (tertiary/aromatic N) is 4. The van der Waals surface area contributed by atoms with Crippen LogP contribution < -0.4 is 5.32 Å². The number of benzene rings is 2. The molecule has 4 aromatic rings. The topological polar surface area (TPSA) is 72.7 Å². The smallest absolute Gasteiger partial charge is 0.233 e. The first-order chi connectivity index (χ1) is 15.6. The van der Waals surface area contributed by atoms with Crippen molar-refractivity contribution in [1.82, 2.24) is 25.1 Å². The average Bonchev–Trinajstić information content (AvgIpc) is 3.23. The van der Waals surface area contributed by atoms with Gasteiger partial charge in [0.2, 0.25) is 5.91 Å². The molecule has 2 heterocycles. The highest BCUT2D eigenvalue weighted by Crippen LogP contribution is 2.31. The number of hydrogen-bond acceptors (Lipinski definition) is 5. The van der Waals surface area contributed by atoms with Gasteiger partial charge in [0.15, 0.2) is 11.0 Å². The number of aromatic nitrogens is 4. The Hall–Kier alpha value is -3.45. The Morgan fingerprint density at radius 2 is 1.81 bits per heavy atom. The minimum absolute atomic E-state index is 0.0202. The fourth-order valence-electron chi connectivity index (χ4n) is 3.39. The van der Waals surface area contributed by atoms with E-state index in [0.717, 1.165) is 23.2 Å². The Morgan fingerprint density at radius 3 is 2.56 bits per heavy atom. The van der Waals surface area contributed by atoms with Gasteiger partial charge in [-0.3, -0.25) is 14.3 Å². The molecule has 0 aliphatic carbocycles. The van der Waals surface area contributed by atoms with Crippen LogP contribution in [0.2, 0.25) is 0 Å². The minimum Gasteiger partial charge on any atom is -0.355 e. The second kappa shape index (κ2) is 10.2. The van der Waals surface area contributed by atoms with Crippen molar-refractivity contribution in [3.63, 3.8) is 0 Å². The van der Waals surface area contributed by atoms with Crippen molar-refractivity contribution in [2.45, 2.75) is 30.7 Å². The Kier molecular flexibility index (Phi) is 6.97. The predicted molar refractivity (Wildman–Crippen MR) is 128 cm³/mol. The molecular formula is C25H25N5OS. The van der Waals surface area contributed by atoms with Gasteiger partial charge in [-0.2, -0.15) is 0 Å². The van der Waals surface area contributed by atoms with Crippen molar-refractivity contribution in [2.75, 3.05) is 6.54 Å². The van der Waals surface area contributed by atoms with Crippen LogP contribution in [0.15, 0.2) is 84.3 Å². The van der Waals surface area contributed by atoms with Gasteiger partial charge in [0.25, 0.3) is 0 Å². The summed E-state index contributed by atoms with van der Waals surface area (Å²) < 4.78 is 2.00. The lowest BCUT2D eigenvalue weighted by molar-refractivity contribution is -0.120. The highest BCUT2D eigenvalue weighted by atomic mass is 32.2. The summed E-state index contributed by atoms with van der Waals surface area (Å²) in [5.74, 6) is 0.680. The minimum atomic E-state index is -0.320. The van der Waals surface area contributed by atoms with E-state index in [1.54, 1.807) is 12.4 Å². The lowest BCUT2D eigenvalue weighted by Gasteiger charge is -2.15. The lowest BCUT2D eigenvalue weighted by atomic mass is 10.1. The molecule has 0 fully saturated rings. The highest BCUT2D eigenvalue weighted by molar-refractivity contribution is 8.00. The molecule has 0 spiro atoms. The monoisotopic (exact) mass is 443 g/mol. The summed E-state index contributed by atoms with van der Waals surface area (Å²) in [5, 5.41) is 12.3. The van der Waals surface area contributed by atoms with Gasteiger partial charge in [-0.25, -0.2) is 0 Å². The molecule has 1 atom stereocenters. The van der Waals surface area contributed by atoms with Crippen molar-refractivity contribution in [3.8, 4) is 17.1 Å². The number of aryl methyl sites for hydroxylation is 1. The number of nitrogens with one attached hydrogen (secondary N) is 1. The van der Waals surface area contributed by atoms with Crippen LogP contribution in [0.5, 0.6) is 0 Å². The maximum Gasteiger partial charge on any atom is 0.233 e. The SMILES string of the molecule is Cc1ccccc1-n1c(SC(C)C(=O)NCCc2ccccc2)nnc1-c1cccnc1. The van der Waals surface area contributed by atoms with Crippen molar-refractivity contribution >= 4 is 17.7 Å². The first kappa shape index (κ1) is 21.8. The van der Waals surface area contributed by atoms with Crippen LogP contribution in [-0.4, -0.2) is 37.5 Å². The van der Waals surface area contributed by atoms with E-state index >= 15 is 0 Å². The summed E-state index contributed by atoms with van der Waals surface area (Å²) >= 11 is 1.40. The molecule has 0 aliphatic heterocycles. The van der Waals surface area contributed by atoms with Crippen LogP contribution in [0.25, 0.3) is 17.1 Å². The molecule has 6 nitrogen and oxygen atoms in total. The summed E-state index contributed by atoms with van der Waals surface area (Å²) in [6, 6.07) is 22.1. The first-order valence-corrected chi connectivity index (χ1v) is 11.4. The molecule has 0 radical (unpaired) electrons. The summed E-state index contributed by atoms with van der Waals surface area (Å²) in [5.41, 5.74) is 4.15. The molecule has 2 aromatic carbocycles. The Labute approximate surface area is 192 Å². The molecular weight excluding hydrogens is 418 g/mol. The summed E-state index contributed by atoms with van der Waals surface area (Å²) in [7, 11) is 0. The van der Waals surface area contributed by atoms with Gasteiger partial charge in [-0.05, 0) is 49.6 Å². The van der Waals surface area contributed by atoms with E-state index in [2.05, 4.69) is 45.6 Å². The first-order valence-electron chi connectivity index (χ1n) is 10.5. The fourth-order valence-corrected chi connectivity index (χ4v) is 4.27. The molecule has 1 amide bonds. The second-order valence-corrected chi connectivity index (χ2v) is 8.76. The molecule has 0 bridgehead atoms. The zero-order chi connectivity index (χ0) is 22.3. The molecule has 0 aliphatic rings. The number of carbonyl (C=O) groups is 1. The molecule has 0 saturated heterocycles. The van der Waals surface area contributed by atoms with Gasteiger partial charge < -0.3 is 5.32 Å². The molecule has 1 unspecified atom stereocenters. The quantitative estimate of drug-likeness (QED) is 0.407. The summed E-state index contributed by atoms with van der Waals surface area (Å²) in [6.45, 7) is 4.54. The van der Waals surface area contributed by atoms with Gasteiger partial charge in [0, 0.05) is 24.5 Å². The van der Waals surface area contributed by atoms with E-state index in [-0.39, 0.29) is 11.2 Å². The van der Waals surface area contributed by atoms with Crippen LogP contribution in [-0.2, 0) is 11.2 Å². The van der Waals surface area contributed by atoms with Gasteiger partial charge in [0.1, 0.15) is 0 Å². The van der Waals surface area contributed by atoms with Crippen LogP contribution in [0.3, 0.4) is 0 Å². The number of pyridine rings is 1. The molecule has 2 aromatic heterocycles. The third kappa shape index (κ3) is 5.06. The van der Waals surface area contributed by atoms with Crippen molar-refractivity contribution in [2.24, 2.45) is 0 Å². The van der Waals surface area contributed by atoms with E-state index in [0.29, 0.717) is 17.5 Å². The van der Waals surface area contributed by atoms with Crippen molar-refractivity contribution < 1.29 is 4.79 Å². The Morgan fingerprint density at radius 1 is 1.03 bits per heavy atom. The highest BCUT2D eigenvalue weighted by Gasteiger charge is 2.22. The maximum atomic E-state index is 12.7. The average molecular weight is 444 g/mol. The second-order valence-electron chi connectivity index (χ2n) is 7.46. The summed E-state index contributed by atoms with van der Waals surface area (Å²) in [4.78, 5) is 17.0. The van der Waals surface area contributed by atoms with Crippen molar-refractivity contribution in [3.05, 3.63) is 90.3 Å². The standard InChI is InChI=1S/C25H25N5OS/c1-18-9-6-7-13-22(18)30-23(21-12-8-15-26-17-21)28-29-25(30)32-19(2)24(31)27-16-14-20-10-4-3-5-11-20/h3-13,15,17,19H,14,16H2,1-2H3,(H,27,31).